The van der Waals surface area contributed by atoms with Crippen LogP contribution in [0.25, 0.3) is 10.9 Å². The number of pyridine rings is 1. The first kappa shape index (κ1) is 15.0. The average molecular weight is 336 g/mol. The van der Waals surface area contributed by atoms with E-state index in [1.807, 2.05) is 19.3 Å². The van der Waals surface area contributed by atoms with Crippen molar-refractivity contribution in [2.24, 2.45) is 7.05 Å². The number of aryl methyl sites for hydroxylation is 1. The van der Waals surface area contributed by atoms with E-state index in [4.69, 9.17) is 4.74 Å². The minimum Gasteiger partial charge on any atom is -0.436 e. The van der Waals surface area contributed by atoms with Crippen molar-refractivity contribution in [3.63, 3.8) is 0 Å². The van der Waals surface area contributed by atoms with Crippen molar-refractivity contribution in [1.82, 2.24) is 24.7 Å². The Balaban J connectivity index is 1.71. The van der Waals surface area contributed by atoms with Gasteiger partial charge in [-0.2, -0.15) is 5.10 Å². The average Bonchev–Trinajstić information content (AvgIpc) is 3.02. The van der Waals surface area contributed by atoms with E-state index in [2.05, 4.69) is 25.4 Å². The number of ether oxygens (including phenoxy) is 1. The Morgan fingerprint density at radius 2 is 2.04 bits per heavy atom. The molecule has 0 radical (unpaired) electrons. The topological polar surface area (TPSA) is 77.8 Å². The minimum absolute atomic E-state index is 0.0852. The van der Waals surface area contributed by atoms with Gasteiger partial charge in [0, 0.05) is 30.9 Å². The summed E-state index contributed by atoms with van der Waals surface area (Å²) in [6.07, 6.45) is 4.76. The summed E-state index contributed by atoms with van der Waals surface area (Å²) < 4.78 is 20.9. The van der Waals surface area contributed by atoms with Gasteiger partial charge in [-0.05, 0) is 30.3 Å². The lowest BCUT2D eigenvalue weighted by Crippen LogP contribution is -1.98. The van der Waals surface area contributed by atoms with Crippen molar-refractivity contribution < 1.29 is 9.13 Å². The third-order valence-electron chi connectivity index (χ3n) is 3.51. The molecule has 0 aliphatic rings. The Morgan fingerprint density at radius 1 is 1.12 bits per heavy atom. The van der Waals surface area contributed by atoms with E-state index in [0.29, 0.717) is 17.4 Å². The number of nitrogens with one attached hydrogen (secondary N) is 1. The van der Waals surface area contributed by atoms with Crippen LogP contribution in [0.1, 0.15) is 0 Å². The molecule has 0 aliphatic carbocycles. The molecule has 4 aromatic rings. The standard InChI is InChI=1S/C17H13FN6O/c1-24-8-6-15(23-24)22-16-12-9-11(4-5-14(12)20-10-21-16)25-17-13(18)3-2-7-19-17/h2-10H,1H3,(H,20,21,22,23). The van der Waals surface area contributed by atoms with Crippen LogP contribution in [0.4, 0.5) is 16.0 Å². The Kier molecular flexibility index (Phi) is 3.70. The van der Waals surface area contributed by atoms with Gasteiger partial charge in [0.1, 0.15) is 17.9 Å². The van der Waals surface area contributed by atoms with Gasteiger partial charge < -0.3 is 10.1 Å². The van der Waals surface area contributed by atoms with Crippen LogP contribution in [-0.2, 0) is 7.05 Å². The Hall–Kier alpha value is -3.55. The molecular formula is C17H13FN6O. The van der Waals surface area contributed by atoms with Gasteiger partial charge in [0.2, 0.25) is 0 Å². The van der Waals surface area contributed by atoms with Gasteiger partial charge >= 0.3 is 0 Å². The number of aromatic nitrogens is 5. The van der Waals surface area contributed by atoms with Crippen molar-refractivity contribution in [1.29, 1.82) is 0 Å². The van der Waals surface area contributed by atoms with Gasteiger partial charge in [0.15, 0.2) is 11.6 Å². The second kappa shape index (κ2) is 6.16. The highest BCUT2D eigenvalue weighted by atomic mass is 19.1. The molecule has 0 spiro atoms. The lowest BCUT2D eigenvalue weighted by molar-refractivity contribution is 0.423. The van der Waals surface area contributed by atoms with Crippen LogP contribution in [0.2, 0.25) is 0 Å². The number of halogens is 1. The highest BCUT2D eigenvalue weighted by molar-refractivity contribution is 5.91. The van der Waals surface area contributed by atoms with E-state index in [9.17, 15) is 4.39 Å². The van der Waals surface area contributed by atoms with Gasteiger partial charge in [-0.25, -0.2) is 19.3 Å². The van der Waals surface area contributed by atoms with Crippen LogP contribution in [0, 0.1) is 5.82 Å². The smallest absolute Gasteiger partial charge is 0.255 e. The second-order valence-corrected chi connectivity index (χ2v) is 5.29. The number of hydrogen-bond acceptors (Lipinski definition) is 6. The summed E-state index contributed by atoms with van der Waals surface area (Å²) in [5.41, 5.74) is 0.724. The molecule has 0 atom stereocenters. The predicted molar refractivity (Wildman–Crippen MR) is 90.3 cm³/mol. The first-order chi connectivity index (χ1) is 12.2. The maximum absolute atomic E-state index is 13.7. The summed E-state index contributed by atoms with van der Waals surface area (Å²) in [6.45, 7) is 0. The van der Waals surface area contributed by atoms with E-state index in [0.717, 1.165) is 10.9 Å². The zero-order valence-electron chi connectivity index (χ0n) is 13.2. The third kappa shape index (κ3) is 3.09. The molecule has 7 nitrogen and oxygen atoms in total. The molecule has 25 heavy (non-hydrogen) atoms. The first-order valence-electron chi connectivity index (χ1n) is 7.49. The van der Waals surface area contributed by atoms with E-state index in [1.54, 1.807) is 22.9 Å². The molecule has 4 rings (SSSR count). The SMILES string of the molecule is Cn1ccc(Nc2ncnc3ccc(Oc4ncccc4F)cc23)n1. The fraction of sp³-hybridized carbons (Fsp3) is 0.0588. The molecule has 0 fully saturated rings. The summed E-state index contributed by atoms with van der Waals surface area (Å²) in [6, 6.07) is 9.84. The fourth-order valence-corrected chi connectivity index (χ4v) is 2.36. The molecule has 8 heteroatoms. The lowest BCUT2D eigenvalue weighted by Gasteiger charge is -2.09. The second-order valence-electron chi connectivity index (χ2n) is 5.29. The van der Waals surface area contributed by atoms with Gasteiger partial charge in [-0.3, -0.25) is 4.68 Å². The van der Waals surface area contributed by atoms with Crippen LogP contribution in [-0.4, -0.2) is 24.7 Å². The molecule has 1 aromatic carbocycles. The van der Waals surface area contributed by atoms with E-state index < -0.39 is 5.82 Å². The van der Waals surface area contributed by atoms with Gasteiger partial charge in [-0.15, -0.1) is 0 Å². The number of anilines is 2. The van der Waals surface area contributed by atoms with Gasteiger partial charge in [0.25, 0.3) is 5.88 Å². The molecule has 0 amide bonds. The summed E-state index contributed by atoms with van der Waals surface area (Å²) in [4.78, 5) is 12.4. The van der Waals surface area contributed by atoms with Crippen LogP contribution in [0.15, 0.2) is 55.1 Å². The highest BCUT2D eigenvalue weighted by Crippen LogP contribution is 2.29. The quantitative estimate of drug-likeness (QED) is 0.615. The fourth-order valence-electron chi connectivity index (χ4n) is 2.36. The van der Waals surface area contributed by atoms with Crippen molar-refractivity contribution in [2.45, 2.75) is 0 Å². The molecule has 0 bridgehead atoms. The third-order valence-corrected chi connectivity index (χ3v) is 3.51. The molecule has 0 saturated heterocycles. The summed E-state index contributed by atoms with van der Waals surface area (Å²) >= 11 is 0. The predicted octanol–water partition coefficient (Wildman–Crippen LogP) is 3.43. The Morgan fingerprint density at radius 3 is 2.84 bits per heavy atom. The summed E-state index contributed by atoms with van der Waals surface area (Å²) in [7, 11) is 1.83. The molecular weight excluding hydrogens is 323 g/mol. The van der Waals surface area contributed by atoms with Crippen molar-refractivity contribution in [3.8, 4) is 11.6 Å². The van der Waals surface area contributed by atoms with E-state index in [1.165, 1.54) is 24.7 Å². The largest absolute Gasteiger partial charge is 0.436 e. The first-order valence-corrected chi connectivity index (χ1v) is 7.49. The molecule has 124 valence electrons. The zero-order valence-corrected chi connectivity index (χ0v) is 13.2. The number of hydrogen-bond donors (Lipinski definition) is 1. The number of nitrogens with zero attached hydrogens (tertiary/aromatic N) is 5. The normalized spacial score (nSPS) is 10.8. The molecule has 3 aromatic heterocycles. The Labute approximate surface area is 142 Å². The molecule has 0 saturated carbocycles. The molecule has 0 unspecified atom stereocenters. The van der Waals surface area contributed by atoms with Crippen molar-refractivity contribution in [3.05, 3.63) is 60.9 Å². The van der Waals surface area contributed by atoms with Crippen molar-refractivity contribution in [2.75, 3.05) is 5.32 Å². The van der Waals surface area contributed by atoms with E-state index >= 15 is 0 Å². The van der Waals surface area contributed by atoms with E-state index in [-0.39, 0.29) is 5.88 Å². The zero-order chi connectivity index (χ0) is 17.2. The van der Waals surface area contributed by atoms with Crippen LogP contribution in [0.5, 0.6) is 11.6 Å². The maximum Gasteiger partial charge on any atom is 0.255 e. The van der Waals surface area contributed by atoms with Crippen LogP contribution >= 0.6 is 0 Å². The molecule has 1 N–H and O–H groups in total. The van der Waals surface area contributed by atoms with Crippen molar-refractivity contribution >= 4 is 22.5 Å². The number of benzene rings is 1. The van der Waals surface area contributed by atoms with Crippen LogP contribution < -0.4 is 10.1 Å². The number of fused-ring (bicyclic) bond motifs is 1. The Bertz CT molecular complexity index is 1050. The monoisotopic (exact) mass is 336 g/mol. The highest BCUT2D eigenvalue weighted by Gasteiger charge is 2.10. The minimum atomic E-state index is -0.529. The maximum atomic E-state index is 13.7. The van der Waals surface area contributed by atoms with Gasteiger partial charge in [-0.1, -0.05) is 0 Å². The van der Waals surface area contributed by atoms with Crippen LogP contribution in [0.3, 0.4) is 0 Å². The molecule has 0 aliphatic heterocycles. The summed E-state index contributed by atoms with van der Waals surface area (Å²) in [5, 5.41) is 8.13. The summed E-state index contributed by atoms with van der Waals surface area (Å²) in [5.74, 6) is 1.06. The lowest BCUT2D eigenvalue weighted by atomic mass is 10.2. The van der Waals surface area contributed by atoms with Gasteiger partial charge in [0.05, 0.1) is 5.52 Å². The number of rotatable bonds is 4. The molecule has 3 heterocycles.